The molecule has 0 aliphatic heterocycles. The van der Waals surface area contributed by atoms with Crippen molar-refractivity contribution in [2.45, 2.75) is 0 Å². The summed E-state index contributed by atoms with van der Waals surface area (Å²) in [7, 11) is 0. The molecule has 0 saturated heterocycles. The Morgan fingerprint density at radius 2 is 2.00 bits per heavy atom. The SMILES string of the molecule is C#CCOc1cnc(/C(F)=C/c2ccc(F)cc2)cn1. The number of terminal acetylenes is 1. The standard InChI is InChI=1S/C15H10F2N2O/c1-2-7-20-15-10-18-14(9-19-15)13(17)8-11-3-5-12(16)6-4-11/h1,3-6,8-10H,7H2/b13-8-. The van der Waals surface area contributed by atoms with Crippen LogP contribution >= 0.6 is 0 Å². The predicted molar refractivity (Wildman–Crippen MR) is 71.7 cm³/mol. The fraction of sp³-hybridized carbons (Fsp3) is 0.0667. The van der Waals surface area contributed by atoms with Crippen molar-refractivity contribution < 1.29 is 13.5 Å². The average molecular weight is 272 g/mol. The normalized spacial score (nSPS) is 10.9. The number of halogens is 2. The van der Waals surface area contributed by atoms with Crippen LogP contribution in [0.3, 0.4) is 0 Å². The van der Waals surface area contributed by atoms with E-state index in [-0.39, 0.29) is 24.0 Å². The molecule has 0 amide bonds. The molecular weight excluding hydrogens is 262 g/mol. The number of hydrogen-bond donors (Lipinski definition) is 0. The summed E-state index contributed by atoms with van der Waals surface area (Å²) in [4.78, 5) is 7.74. The van der Waals surface area contributed by atoms with Crippen molar-refractivity contribution in [1.82, 2.24) is 9.97 Å². The van der Waals surface area contributed by atoms with E-state index in [0.29, 0.717) is 5.56 Å². The Labute approximate surface area is 115 Å². The monoisotopic (exact) mass is 272 g/mol. The Morgan fingerprint density at radius 1 is 1.25 bits per heavy atom. The first kappa shape index (κ1) is 13.7. The van der Waals surface area contributed by atoms with E-state index in [0.717, 1.165) is 0 Å². The highest BCUT2D eigenvalue weighted by molar-refractivity contribution is 5.74. The second-order valence-corrected chi connectivity index (χ2v) is 3.78. The molecule has 0 fully saturated rings. The van der Waals surface area contributed by atoms with E-state index in [2.05, 4.69) is 15.9 Å². The number of nitrogens with zero attached hydrogens (tertiary/aromatic N) is 2. The summed E-state index contributed by atoms with van der Waals surface area (Å²) in [6.07, 6.45) is 8.79. The fourth-order valence-corrected chi connectivity index (χ4v) is 1.41. The van der Waals surface area contributed by atoms with Crippen molar-refractivity contribution >= 4 is 11.9 Å². The summed E-state index contributed by atoms with van der Waals surface area (Å²) in [6.45, 7) is 0.0714. The Morgan fingerprint density at radius 3 is 2.60 bits per heavy atom. The van der Waals surface area contributed by atoms with Crippen molar-refractivity contribution in [2.24, 2.45) is 0 Å². The third-order valence-electron chi connectivity index (χ3n) is 2.34. The van der Waals surface area contributed by atoms with Crippen LogP contribution in [-0.4, -0.2) is 16.6 Å². The van der Waals surface area contributed by atoms with Gasteiger partial charge in [-0.25, -0.2) is 18.7 Å². The lowest BCUT2D eigenvalue weighted by molar-refractivity contribution is 0.353. The zero-order valence-electron chi connectivity index (χ0n) is 10.4. The summed E-state index contributed by atoms with van der Waals surface area (Å²) in [6, 6.07) is 5.43. The molecule has 5 heteroatoms. The minimum absolute atomic E-state index is 0.0578. The molecule has 0 atom stereocenters. The molecule has 0 unspecified atom stereocenters. The maximum absolute atomic E-state index is 13.9. The number of ether oxygens (including phenoxy) is 1. The summed E-state index contributed by atoms with van der Waals surface area (Å²) < 4.78 is 31.7. The Bertz CT molecular complexity index is 643. The molecule has 1 aromatic heterocycles. The van der Waals surface area contributed by atoms with Crippen molar-refractivity contribution in [3.05, 3.63) is 53.7 Å². The van der Waals surface area contributed by atoms with Gasteiger partial charge in [0.15, 0.2) is 12.4 Å². The van der Waals surface area contributed by atoms with Gasteiger partial charge in [0.1, 0.15) is 11.5 Å². The molecule has 3 nitrogen and oxygen atoms in total. The van der Waals surface area contributed by atoms with Gasteiger partial charge in [0.25, 0.3) is 0 Å². The fourth-order valence-electron chi connectivity index (χ4n) is 1.41. The van der Waals surface area contributed by atoms with E-state index in [1.807, 2.05) is 0 Å². The zero-order valence-corrected chi connectivity index (χ0v) is 10.4. The maximum Gasteiger partial charge on any atom is 0.233 e. The molecule has 0 spiro atoms. The summed E-state index contributed by atoms with van der Waals surface area (Å²) in [5.74, 6) is 1.55. The third-order valence-corrected chi connectivity index (χ3v) is 2.34. The van der Waals surface area contributed by atoms with E-state index in [1.54, 1.807) is 0 Å². The topological polar surface area (TPSA) is 35.0 Å². The number of benzene rings is 1. The second-order valence-electron chi connectivity index (χ2n) is 3.78. The molecule has 1 heterocycles. The van der Waals surface area contributed by atoms with Crippen molar-refractivity contribution in [1.29, 1.82) is 0 Å². The van der Waals surface area contributed by atoms with Crippen LogP contribution in [-0.2, 0) is 0 Å². The van der Waals surface area contributed by atoms with Crippen LogP contribution in [0.4, 0.5) is 8.78 Å². The zero-order chi connectivity index (χ0) is 14.4. The van der Waals surface area contributed by atoms with Crippen LogP contribution < -0.4 is 4.74 Å². The van der Waals surface area contributed by atoms with Crippen molar-refractivity contribution in [3.63, 3.8) is 0 Å². The van der Waals surface area contributed by atoms with Gasteiger partial charge < -0.3 is 4.74 Å². The lowest BCUT2D eigenvalue weighted by Gasteiger charge is -2.01. The van der Waals surface area contributed by atoms with Gasteiger partial charge in [-0.2, -0.15) is 0 Å². The van der Waals surface area contributed by atoms with Gasteiger partial charge in [0.05, 0.1) is 12.4 Å². The van der Waals surface area contributed by atoms with Crippen LogP contribution in [0.25, 0.3) is 11.9 Å². The van der Waals surface area contributed by atoms with Crippen LogP contribution in [0.1, 0.15) is 11.3 Å². The Kier molecular flexibility index (Phi) is 4.40. The highest BCUT2D eigenvalue weighted by atomic mass is 19.1. The molecule has 2 aromatic rings. The van der Waals surface area contributed by atoms with E-state index in [4.69, 9.17) is 11.2 Å². The van der Waals surface area contributed by atoms with E-state index in [9.17, 15) is 8.78 Å². The highest BCUT2D eigenvalue weighted by Gasteiger charge is 2.04. The smallest absolute Gasteiger partial charge is 0.233 e. The molecule has 0 saturated carbocycles. The van der Waals surface area contributed by atoms with E-state index < -0.39 is 5.83 Å². The van der Waals surface area contributed by atoms with Crippen LogP contribution in [0, 0.1) is 18.2 Å². The van der Waals surface area contributed by atoms with E-state index >= 15 is 0 Å². The molecule has 100 valence electrons. The summed E-state index contributed by atoms with van der Waals surface area (Å²) in [5, 5.41) is 0. The predicted octanol–water partition coefficient (Wildman–Crippen LogP) is 3.10. The summed E-state index contributed by atoms with van der Waals surface area (Å²) >= 11 is 0. The van der Waals surface area contributed by atoms with Gasteiger partial charge in [-0.15, -0.1) is 6.42 Å². The lowest BCUT2D eigenvalue weighted by Crippen LogP contribution is -1.97. The molecule has 20 heavy (non-hydrogen) atoms. The molecule has 1 aromatic carbocycles. The Hall–Kier alpha value is -2.74. The van der Waals surface area contributed by atoms with Crippen molar-refractivity contribution in [3.8, 4) is 18.2 Å². The quantitative estimate of drug-likeness (QED) is 0.802. The van der Waals surface area contributed by atoms with E-state index in [1.165, 1.54) is 42.7 Å². The van der Waals surface area contributed by atoms with Crippen LogP contribution in [0.2, 0.25) is 0 Å². The molecule has 0 aliphatic carbocycles. The maximum atomic E-state index is 13.9. The van der Waals surface area contributed by atoms with Gasteiger partial charge in [-0.05, 0) is 23.8 Å². The molecule has 2 rings (SSSR count). The lowest BCUT2D eigenvalue weighted by atomic mass is 10.2. The van der Waals surface area contributed by atoms with Gasteiger partial charge in [-0.3, -0.25) is 0 Å². The number of rotatable bonds is 4. The van der Waals surface area contributed by atoms with Crippen LogP contribution in [0.5, 0.6) is 5.88 Å². The second kappa shape index (κ2) is 6.43. The largest absolute Gasteiger partial charge is 0.463 e. The minimum Gasteiger partial charge on any atom is -0.463 e. The molecule has 0 N–H and O–H groups in total. The Balaban J connectivity index is 2.14. The first-order valence-corrected chi connectivity index (χ1v) is 5.70. The molecule has 0 bridgehead atoms. The van der Waals surface area contributed by atoms with Gasteiger partial charge in [0, 0.05) is 0 Å². The molecule has 0 aliphatic rings. The first-order chi connectivity index (χ1) is 9.69. The number of aromatic nitrogens is 2. The minimum atomic E-state index is -0.576. The van der Waals surface area contributed by atoms with Gasteiger partial charge >= 0.3 is 0 Å². The molecule has 0 radical (unpaired) electrons. The first-order valence-electron chi connectivity index (χ1n) is 5.70. The average Bonchev–Trinajstić information content (AvgIpc) is 2.48. The third kappa shape index (κ3) is 3.62. The van der Waals surface area contributed by atoms with Crippen LogP contribution in [0.15, 0.2) is 36.7 Å². The van der Waals surface area contributed by atoms with Gasteiger partial charge in [-0.1, -0.05) is 18.1 Å². The molecular formula is C15H10F2N2O. The summed E-state index contributed by atoms with van der Waals surface area (Å²) in [5.41, 5.74) is 0.584. The van der Waals surface area contributed by atoms with Gasteiger partial charge in [0.2, 0.25) is 5.88 Å². The highest BCUT2D eigenvalue weighted by Crippen LogP contribution is 2.18. The number of hydrogen-bond acceptors (Lipinski definition) is 3. The van der Waals surface area contributed by atoms with Crippen molar-refractivity contribution in [2.75, 3.05) is 6.61 Å².